The van der Waals surface area contributed by atoms with Gasteiger partial charge in [-0.2, -0.15) is 10.00 Å². The number of imidazole rings is 1. The minimum Gasteiger partial charge on any atom is -0.464 e. The molecule has 8 heteroatoms. The first-order valence-electron chi connectivity index (χ1n) is 9.42. The minimum atomic E-state index is -1.41. The van der Waals surface area contributed by atoms with Gasteiger partial charge in [-0.25, -0.2) is 14.3 Å². The van der Waals surface area contributed by atoms with Crippen LogP contribution in [0.15, 0.2) is 60.9 Å². The Morgan fingerprint density at radius 1 is 1.07 bits per heavy atom. The third kappa shape index (κ3) is 3.55. The fourth-order valence-corrected chi connectivity index (χ4v) is 3.14. The number of imide groups is 1. The van der Waals surface area contributed by atoms with Gasteiger partial charge in [0.15, 0.2) is 11.5 Å². The van der Waals surface area contributed by atoms with Crippen LogP contribution in [-0.2, 0) is 5.41 Å². The molecule has 0 radical (unpaired) electrons. The first-order valence-corrected chi connectivity index (χ1v) is 9.42. The maximum atomic E-state index is 12.9. The number of aromatic nitrogens is 4. The van der Waals surface area contributed by atoms with Gasteiger partial charge in [-0.3, -0.25) is 4.79 Å². The Morgan fingerprint density at radius 3 is 2.40 bits per heavy atom. The van der Waals surface area contributed by atoms with E-state index < -0.39 is 12.0 Å². The maximum Gasteiger partial charge on any atom is 0.420 e. The standard InChI is InChI=1S/C22H21N5O3/c1-22(2,3)15-8-6-14(7-9-15)20(28)27(21(29)30)19-13-26-18(24-19)11-10-17(25-26)16-5-4-12-23-16/h4-13,23H,1-3H3,(H,29,30). The summed E-state index contributed by atoms with van der Waals surface area (Å²) in [6, 6.07) is 14.2. The Morgan fingerprint density at radius 2 is 1.80 bits per heavy atom. The fraction of sp³-hybridized carbons (Fsp3) is 0.182. The zero-order valence-corrected chi connectivity index (χ0v) is 16.8. The fourth-order valence-electron chi connectivity index (χ4n) is 3.14. The van der Waals surface area contributed by atoms with Crippen LogP contribution in [0.1, 0.15) is 36.7 Å². The monoisotopic (exact) mass is 403 g/mol. The van der Waals surface area contributed by atoms with Crippen LogP contribution in [0, 0.1) is 0 Å². The van der Waals surface area contributed by atoms with Crippen LogP contribution in [0.3, 0.4) is 0 Å². The third-order valence-corrected chi connectivity index (χ3v) is 4.80. The van der Waals surface area contributed by atoms with Crippen LogP contribution in [0.2, 0.25) is 0 Å². The average molecular weight is 403 g/mol. The summed E-state index contributed by atoms with van der Waals surface area (Å²) in [4.78, 5) is 32.8. The lowest BCUT2D eigenvalue weighted by Crippen LogP contribution is -2.36. The summed E-state index contributed by atoms with van der Waals surface area (Å²) in [6.45, 7) is 6.20. The van der Waals surface area contributed by atoms with Crippen molar-refractivity contribution in [3.8, 4) is 11.4 Å². The van der Waals surface area contributed by atoms with Crippen LogP contribution in [-0.4, -0.2) is 36.7 Å². The molecule has 8 nitrogen and oxygen atoms in total. The van der Waals surface area contributed by atoms with Gasteiger partial charge in [-0.1, -0.05) is 32.9 Å². The molecule has 0 bridgehead atoms. The summed E-state index contributed by atoms with van der Waals surface area (Å²) in [5.74, 6) is -0.681. The normalized spacial score (nSPS) is 11.6. The Hall–Kier alpha value is -3.94. The van der Waals surface area contributed by atoms with Crippen LogP contribution in [0.5, 0.6) is 0 Å². The number of aromatic amines is 1. The highest BCUT2D eigenvalue weighted by atomic mass is 16.4. The van der Waals surface area contributed by atoms with Gasteiger partial charge in [0.1, 0.15) is 5.69 Å². The Bertz CT molecular complexity index is 1220. The van der Waals surface area contributed by atoms with Crippen molar-refractivity contribution in [2.75, 3.05) is 4.90 Å². The van der Waals surface area contributed by atoms with Crippen molar-refractivity contribution in [2.24, 2.45) is 0 Å². The van der Waals surface area contributed by atoms with Gasteiger partial charge in [-0.05, 0) is 47.4 Å². The van der Waals surface area contributed by atoms with E-state index in [1.165, 1.54) is 10.7 Å². The molecule has 0 saturated heterocycles. The van der Waals surface area contributed by atoms with E-state index in [-0.39, 0.29) is 16.8 Å². The third-order valence-electron chi connectivity index (χ3n) is 4.80. The van der Waals surface area contributed by atoms with E-state index in [0.717, 1.165) is 11.3 Å². The molecule has 0 aliphatic rings. The Balaban J connectivity index is 1.69. The zero-order chi connectivity index (χ0) is 21.5. The molecule has 0 atom stereocenters. The van der Waals surface area contributed by atoms with Gasteiger partial charge in [0.2, 0.25) is 0 Å². The average Bonchev–Trinajstić information content (AvgIpc) is 3.36. The molecule has 1 aromatic carbocycles. The molecular formula is C22H21N5O3. The largest absolute Gasteiger partial charge is 0.464 e. The molecule has 0 aliphatic carbocycles. The van der Waals surface area contributed by atoms with E-state index in [2.05, 4.69) is 35.8 Å². The van der Waals surface area contributed by atoms with Crippen LogP contribution in [0.4, 0.5) is 10.6 Å². The molecule has 3 heterocycles. The number of fused-ring (bicyclic) bond motifs is 1. The number of amides is 2. The number of H-pyrrole nitrogens is 1. The lowest BCUT2D eigenvalue weighted by Gasteiger charge is -2.20. The smallest absolute Gasteiger partial charge is 0.420 e. The highest BCUT2D eigenvalue weighted by Crippen LogP contribution is 2.24. The molecule has 4 aromatic rings. The Kier molecular flexibility index (Phi) is 4.62. The van der Waals surface area contributed by atoms with Gasteiger partial charge in [0.05, 0.1) is 11.9 Å². The van der Waals surface area contributed by atoms with Crippen molar-refractivity contribution in [3.63, 3.8) is 0 Å². The predicted octanol–water partition coefficient (Wildman–Crippen LogP) is 4.35. The van der Waals surface area contributed by atoms with Gasteiger partial charge in [-0.15, -0.1) is 0 Å². The molecule has 0 fully saturated rings. The molecule has 152 valence electrons. The summed E-state index contributed by atoms with van der Waals surface area (Å²) < 4.78 is 1.46. The molecule has 0 spiro atoms. The first kappa shape index (κ1) is 19.4. The summed E-state index contributed by atoms with van der Waals surface area (Å²) in [6.07, 6.45) is 1.81. The quantitative estimate of drug-likeness (QED) is 0.529. The number of benzene rings is 1. The van der Waals surface area contributed by atoms with Gasteiger partial charge in [0.25, 0.3) is 5.91 Å². The number of rotatable bonds is 3. The molecule has 0 saturated carbocycles. The molecule has 0 unspecified atom stereocenters. The second-order valence-corrected chi connectivity index (χ2v) is 7.95. The van der Waals surface area contributed by atoms with Gasteiger partial charge in [0, 0.05) is 11.8 Å². The molecule has 30 heavy (non-hydrogen) atoms. The summed E-state index contributed by atoms with van der Waals surface area (Å²) in [7, 11) is 0. The van der Waals surface area contributed by atoms with E-state index in [1.807, 2.05) is 24.3 Å². The first-order chi connectivity index (χ1) is 14.2. The van der Waals surface area contributed by atoms with E-state index in [4.69, 9.17) is 0 Å². The van der Waals surface area contributed by atoms with Crippen LogP contribution < -0.4 is 4.90 Å². The van der Waals surface area contributed by atoms with Crippen molar-refractivity contribution in [1.82, 2.24) is 19.6 Å². The molecule has 4 rings (SSSR count). The van der Waals surface area contributed by atoms with Crippen LogP contribution >= 0.6 is 0 Å². The number of hydrogen-bond acceptors (Lipinski definition) is 4. The van der Waals surface area contributed by atoms with Crippen LogP contribution in [0.25, 0.3) is 17.0 Å². The van der Waals surface area contributed by atoms with Crippen molar-refractivity contribution in [2.45, 2.75) is 26.2 Å². The SMILES string of the molecule is CC(C)(C)c1ccc(C(=O)N(C(=O)O)c2cn3nc(-c4ccc[nH]4)ccc3n2)cc1. The second-order valence-electron chi connectivity index (χ2n) is 7.95. The number of carbonyl (C=O) groups excluding carboxylic acids is 1. The van der Waals surface area contributed by atoms with Crippen molar-refractivity contribution < 1.29 is 14.7 Å². The van der Waals surface area contributed by atoms with Crippen molar-refractivity contribution >= 4 is 23.5 Å². The minimum absolute atomic E-state index is 0.0106. The molecule has 3 aromatic heterocycles. The van der Waals surface area contributed by atoms with E-state index in [1.54, 1.807) is 30.5 Å². The van der Waals surface area contributed by atoms with Gasteiger partial charge >= 0.3 is 6.09 Å². The van der Waals surface area contributed by atoms with Crippen molar-refractivity contribution in [1.29, 1.82) is 0 Å². The number of nitrogens with zero attached hydrogens (tertiary/aromatic N) is 4. The molecular weight excluding hydrogens is 382 g/mol. The predicted molar refractivity (Wildman–Crippen MR) is 113 cm³/mol. The second kappa shape index (κ2) is 7.14. The molecule has 2 amide bonds. The Labute approximate surface area is 172 Å². The lowest BCUT2D eigenvalue weighted by molar-refractivity contribution is 0.0982. The highest BCUT2D eigenvalue weighted by molar-refractivity contribution is 6.18. The summed E-state index contributed by atoms with van der Waals surface area (Å²) >= 11 is 0. The topological polar surface area (TPSA) is 104 Å². The summed E-state index contributed by atoms with van der Waals surface area (Å²) in [5, 5.41) is 14.1. The molecule has 0 aliphatic heterocycles. The highest BCUT2D eigenvalue weighted by Gasteiger charge is 2.27. The number of anilines is 1. The van der Waals surface area contributed by atoms with Gasteiger partial charge < -0.3 is 10.1 Å². The van der Waals surface area contributed by atoms with E-state index >= 15 is 0 Å². The molecule has 2 N–H and O–H groups in total. The van der Waals surface area contributed by atoms with Crippen molar-refractivity contribution in [3.05, 3.63) is 72.1 Å². The number of nitrogens with one attached hydrogen (secondary N) is 1. The maximum absolute atomic E-state index is 12.9. The summed E-state index contributed by atoms with van der Waals surface area (Å²) in [5.41, 5.74) is 3.16. The zero-order valence-electron chi connectivity index (χ0n) is 16.8. The number of carboxylic acid groups (broad SMARTS) is 1. The lowest BCUT2D eigenvalue weighted by atomic mass is 9.86. The number of carbonyl (C=O) groups is 2. The number of hydrogen-bond donors (Lipinski definition) is 2. The van der Waals surface area contributed by atoms with E-state index in [0.29, 0.717) is 16.2 Å². The van der Waals surface area contributed by atoms with E-state index in [9.17, 15) is 14.7 Å².